The summed E-state index contributed by atoms with van der Waals surface area (Å²) in [6.45, 7) is 2.39. The number of anilines is 1. The van der Waals surface area contributed by atoms with Gasteiger partial charge < -0.3 is 10.6 Å². The number of benzene rings is 1. The molecule has 0 fully saturated rings. The van der Waals surface area contributed by atoms with E-state index >= 15 is 0 Å². The molecule has 0 aliphatic heterocycles. The van der Waals surface area contributed by atoms with Crippen molar-refractivity contribution >= 4 is 40.1 Å². The standard InChI is InChI=1S/C15H13N3OS2/c1-10-5-11(8-16)7-12(6-10)18-14(19)15(20)17-9-13-3-2-4-21-13/h2-7H,9H2,1H3,(H,17,20)(H,18,19). The Morgan fingerprint density at radius 3 is 2.90 bits per heavy atom. The van der Waals surface area contributed by atoms with Crippen LogP contribution in [0.1, 0.15) is 16.0 Å². The summed E-state index contributed by atoms with van der Waals surface area (Å²) < 4.78 is 0. The lowest BCUT2D eigenvalue weighted by Gasteiger charge is -2.09. The van der Waals surface area contributed by atoms with Gasteiger partial charge >= 0.3 is 0 Å². The van der Waals surface area contributed by atoms with Crippen LogP contribution in [0.2, 0.25) is 0 Å². The first-order valence-corrected chi connectivity index (χ1v) is 7.50. The van der Waals surface area contributed by atoms with Crippen molar-refractivity contribution in [3.63, 3.8) is 0 Å². The fraction of sp³-hybridized carbons (Fsp3) is 0.133. The van der Waals surface area contributed by atoms with Gasteiger partial charge in [-0.15, -0.1) is 11.3 Å². The van der Waals surface area contributed by atoms with Gasteiger partial charge in [-0.2, -0.15) is 5.26 Å². The zero-order chi connectivity index (χ0) is 15.2. The molecule has 0 spiro atoms. The monoisotopic (exact) mass is 315 g/mol. The molecular formula is C15H13N3OS2. The number of rotatable bonds is 3. The number of hydrogen-bond acceptors (Lipinski definition) is 4. The van der Waals surface area contributed by atoms with Crippen molar-refractivity contribution in [2.45, 2.75) is 13.5 Å². The van der Waals surface area contributed by atoms with Gasteiger partial charge in [0.1, 0.15) is 0 Å². The van der Waals surface area contributed by atoms with E-state index in [0.717, 1.165) is 10.4 Å². The lowest BCUT2D eigenvalue weighted by molar-refractivity contribution is -0.110. The topological polar surface area (TPSA) is 64.9 Å². The normalized spacial score (nSPS) is 9.71. The maximum atomic E-state index is 12.0. The van der Waals surface area contributed by atoms with Crippen LogP contribution in [0.3, 0.4) is 0 Å². The minimum atomic E-state index is -0.379. The number of carbonyl (C=O) groups is 1. The van der Waals surface area contributed by atoms with Crippen molar-refractivity contribution in [1.82, 2.24) is 5.32 Å². The Hall–Kier alpha value is -2.23. The van der Waals surface area contributed by atoms with E-state index < -0.39 is 0 Å². The lowest BCUT2D eigenvalue weighted by atomic mass is 10.1. The quantitative estimate of drug-likeness (QED) is 0.855. The van der Waals surface area contributed by atoms with E-state index in [1.54, 1.807) is 29.5 Å². The third-order valence-corrected chi connectivity index (χ3v) is 3.88. The number of nitriles is 1. The summed E-state index contributed by atoms with van der Waals surface area (Å²) in [4.78, 5) is 13.2. The first-order chi connectivity index (χ1) is 10.1. The number of nitrogens with one attached hydrogen (secondary N) is 2. The number of thiophene rings is 1. The average molecular weight is 315 g/mol. The number of hydrogen-bond donors (Lipinski definition) is 2. The van der Waals surface area contributed by atoms with E-state index in [0.29, 0.717) is 17.8 Å². The minimum Gasteiger partial charge on any atom is -0.367 e. The molecule has 4 nitrogen and oxygen atoms in total. The third kappa shape index (κ3) is 4.38. The Bertz CT molecular complexity index is 702. The van der Waals surface area contributed by atoms with Gasteiger partial charge in [0.15, 0.2) is 4.99 Å². The van der Waals surface area contributed by atoms with Crippen LogP contribution in [0.4, 0.5) is 5.69 Å². The van der Waals surface area contributed by atoms with E-state index in [1.165, 1.54) is 0 Å². The first kappa shape index (κ1) is 15.2. The molecule has 0 bridgehead atoms. The Balaban J connectivity index is 1.96. The molecule has 6 heteroatoms. The number of amides is 1. The summed E-state index contributed by atoms with van der Waals surface area (Å²) in [7, 11) is 0. The highest BCUT2D eigenvalue weighted by atomic mass is 32.1. The lowest BCUT2D eigenvalue weighted by Crippen LogP contribution is -2.33. The second-order valence-corrected chi connectivity index (χ2v) is 5.86. The molecular weight excluding hydrogens is 302 g/mol. The van der Waals surface area contributed by atoms with Crippen molar-refractivity contribution in [1.29, 1.82) is 5.26 Å². The van der Waals surface area contributed by atoms with Crippen molar-refractivity contribution in [3.8, 4) is 6.07 Å². The van der Waals surface area contributed by atoms with Crippen LogP contribution < -0.4 is 10.6 Å². The molecule has 2 N–H and O–H groups in total. The molecule has 0 aliphatic carbocycles. The molecule has 0 radical (unpaired) electrons. The van der Waals surface area contributed by atoms with Crippen LogP contribution in [0.25, 0.3) is 0 Å². The van der Waals surface area contributed by atoms with Crippen molar-refractivity contribution in [2.24, 2.45) is 0 Å². The van der Waals surface area contributed by atoms with Crippen LogP contribution in [-0.2, 0) is 11.3 Å². The smallest absolute Gasteiger partial charge is 0.283 e. The predicted octanol–water partition coefficient (Wildman–Crippen LogP) is 2.98. The maximum Gasteiger partial charge on any atom is 0.283 e. The summed E-state index contributed by atoms with van der Waals surface area (Å²) in [5, 5.41) is 16.5. The van der Waals surface area contributed by atoms with Gasteiger partial charge in [0.25, 0.3) is 5.91 Å². The fourth-order valence-electron chi connectivity index (χ4n) is 1.77. The highest BCUT2D eigenvalue weighted by molar-refractivity contribution is 7.82. The summed E-state index contributed by atoms with van der Waals surface area (Å²) in [6.07, 6.45) is 0. The predicted molar refractivity (Wildman–Crippen MR) is 88.3 cm³/mol. The van der Waals surface area contributed by atoms with Crippen LogP contribution in [0, 0.1) is 18.3 Å². The second kappa shape index (κ2) is 6.97. The van der Waals surface area contributed by atoms with E-state index in [1.807, 2.05) is 24.4 Å². The molecule has 2 aromatic rings. The minimum absolute atomic E-state index is 0.128. The maximum absolute atomic E-state index is 12.0. The fourth-order valence-corrected chi connectivity index (χ4v) is 2.54. The molecule has 0 saturated carbocycles. The molecule has 1 aromatic heterocycles. The van der Waals surface area contributed by atoms with Crippen LogP contribution in [0.5, 0.6) is 0 Å². The first-order valence-electron chi connectivity index (χ1n) is 6.22. The average Bonchev–Trinajstić information content (AvgIpc) is 2.97. The zero-order valence-corrected chi connectivity index (χ0v) is 13.0. The van der Waals surface area contributed by atoms with Crippen molar-refractivity contribution < 1.29 is 4.79 Å². The zero-order valence-electron chi connectivity index (χ0n) is 11.3. The molecule has 0 atom stereocenters. The highest BCUT2D eigenvalue weighted by Crippen LogP contribution is 2.14. The molecule has 106 valence electrons. The number of nitrogens with zero attached hydrogens (tertiary/aromatic N) is 1. The van der Waals surface area contributed by atoms with Gasteiger partial charge in [-0.05, 0) is 42.1 Å². The van der Waals surface area contributed by atoms with E-state index in [-0.39, 0.29) is 10.9 Å². The van der Waals surface area contributed by atoms with Crippen molar-refractivity contribution in [3.05, 3.63) is 51.7 Å². The van der Waals surface area contributed by atoms with Gasteiger partial charge in [0.05, 0.1) is 18.2 Å². The Morgan fingerprint density at radius 1 is 1.43 bits per heavy atom. The van der Waals surface area contributed by atoms with Crippen LogP contribution >= 0.6 is 23.6 Å². The van der Waals surface area contributed by atoms with Gasteiger partial charge in [-0.3, -0.25) is 4.79 Å². The van der Waals surface area contributed by atoms with E-state index in [2.05, 4.69) is 16.7 Å². The molecule has 1 aromatic carbocycles. The van der Waals surface area contributed by atoms with Crippen LogP contribution in [-0.4, -0.2) is 10.9 Å². The number of aryl methyl sites for hydroxylation is 1. The molecule has 0 saturated heterocycles. The summed E-state index contributed by atoms with van der Waals surface area (Å²) in [5.41, 5.74) is 1.97. The molecule has 0 aliphatic rings. The molecule has 1 amide bonds. The summed E-state index contributed by atoms with van der Waals surface area (Å²) >= 11 is 6.66. The van der Waals surface area contributed by atoms with Crippen LogP contribution in [0.15, 0.2) is 35.7 Å². The highest BCUT2D eigenvalue weighted by Gasteiger charge is 2.10. The number of thiocarbonyl (C=S) groups is 1. The van der Waals surface area contributed by atoms with E-state index in [9.17, 15) is 4.79 Å². The number of carbonyl (C=O) groups excluding carboxylic acids is 1. The Labute approximate surface area is 132 Å². The molecule has 1 heterocycles. The van der Waals surface area contributed by atoms with Gasteiger partial charge in [0.2, 0.25) is 0 Å². The SMILES string of the molecule is Cc1cc(C#N)cc(NC(=O)C(=S)NCc2cccs2)c1. The Kier molecular flexibility index (Phi) is 5.04. The summed E-state index contributed by atoms with van der Waals surface area (Å²) in [6, 6.07) is 11.1. The Morgan fingerprint density at radius 2 is 2.24 bits per heavy atom. The van der Waals surface area contributed by atoms with Gasteiger partial charge in [0, 0.05) is 10.6 Å². The van der Waals surface area contributed by atoms with Gasteiger partial charge in [-0.25, -0.2) is 0 Å². The largest absolute Gasteiger partial charge is 0.367 e. The van der Waals surface area contributed by atoms with Gasteiger partial charge in [-0.1, -0.05) is 18.3 Å². The van der Waals surface area contributed by atoms with E-state index in [4.69, 9.17) is 17.5 Å². The third-order valence-electron chi connectivity index (χ3n) is 2.67. The molecule has 0 unspecified atom stereocenters. The molecule has 2 rings (SSSR count). The summed E-state index contributed by atoms with van der Waals surface area (Å²) in [5.74, 6) is -0.379. The second-order valence-electron chi connectivity index (χ2n) is 4.42. The van der Waals surface area contributed by atoms with Crippen molar-refractivity contribution in [2.75, 3.05) is 5.32 Å². The molecule has 21 heavy (non-hydrogen) atoms.